The van der Waals surface area contributed by atoms with Crippen LogP contribution in [0, 0.1) is 11.8 Å². The van der Waals surface area contributed by atoms with Gasteiger partial charge in [-0.25, -0.2) is 0 Å². The normalized spacial score (nSPS) is 28.0. The van der Waals surface area contributed by atoms with Gasteiger partial charge in [-0.15, -0.1) is 0 Å². The van der Waals surface area contributed by atoms with Gasteiger partial charge in [0.2, 0.25) is 0 Å². The smallest absolute Gasteiger partial charge is 0.260 e. The first kappa shape index (κ1) is 21.5. The van der Waals surface area contributed by atoms with E-state index >= 15 is 0 Å². The van der Waals surface area contributed by atoms with Crippen LogP contribution in [0.15, 0.2) is 12.2 Å². The zero-order chi connectivity index (χ0) is 19.8. The molecule has 5 heteroatoms. The van der Waals surface area contributed by atoms with E-state index in [0.29, 0.717) is 6.61 Å². The summed E-state index contributed by atoms with van der Waals surface area (Å²) in [5.74, 6) is -1.17. The Labute approximate surface area is 169 Å². The van der Waals surface area contributed by atoms with Crippen LogP contribution in [0.4, 0.5) is 0 Å². The number of unbranched alkanes of at least 4 members (excludes halogenated alkanes) is 12. The number of nitrogens with zero attached hydrogens (tertiary/aromatic N) is 1. The van der Waals surface area contributed by atoms with Crippen molar-refractivity contribution in [3.8, 4) is 0 Å². The van der Waals surface area contributed by atoms with Crippen LogP contribution >= 0.6 is 0 Å². The van der Waals surface area contributed by atoms with E-state index < -0.39 is 0 Å². The number of imide groups is 1. The van der Waals surface area contributed by atoms with E-state index in [1.54, 1.807) is 0 Å². The quantitative estimate of drug-likeness (QED) is 0.225. The van der Waals surface area contributed by atoms with Crippen LogP contribution in [0.5, 0.6) is 0 Å². The summed E-state index contributed by atoms with van der Waals surface area (Å²) in [6.07, 6.45) is 20.1. The second-order valence-electron chi connectivity index (χ2n) is 8.55. The summed E-state index contributed by atoms with van der Waals surface area (Å²) < 4.78 is 5.62. The Kier molecular flexibility index (Phi) is 8.53. The van der Waals surface area contributed by atoms with Crippen molar-refractivity contribution in [2.45, 2.75) is 103 Å². The molecule has 0 aromatic carbocycles. The van der Waals surface area contributed by atoms with Crippen LogP contribution < -0.4 is 0 Å². The fourth-order valence-corrected chi connectivity index (χ4v) is 4.68. The largest absolute Gasteiger partial charge is 0.365 e. The molecule has 3 rings (SSSR count). The third-order valence-corrected chi connectivity index (χ3v) is 6.34. The first-order chi connectivity index (χ1) is 13.7. The van der Waals surface area contributed by atoms with E-state index in [9.17, 15) is 9.59 Å². The van der Waals surface area contributed by atoms with Crippen molar-refractivity contribution in [3.05, 3.63) is 12.2 Å². The maximum atomic E-state index is 12.4. The van der Waals surface area contributed by atoms with Gasteiger partial charge in [-0.3, -0.25) is 14.4 Å². The summed E-state index contributed by atoms with van der Waals surface area (Å²) >= 11 is 0. The molecule has 3 aliphatic rings. The fraction of sp³-hybridized carbons (Fsp3) is 0.826. The number of amides is 2. The first-order valence-corrected chi connectivity index (χ1v) is 11.6. The molecule has 0 aromatic rings. The van der Waals surface area contributed by atoms with Crippen molar-refractivity contribution >= 4 is 11.8 Å². The lowest BCUT2D eigenvalue weighted by Gasteiger charge is -2.16. The van der Waals surface area contributed by atoms with Crippen LogP contribution in [-0.4, -0.2) is 35.7 Å². The van der Waals surface area contributed by atoms with E-state index in [0.717, 1.165) is 17.9 Å². The van der Waals surface area contributed by atoms with Crippen LogP contribution in [0.3, 0.4) is 0 Å². The highest BCUT2D eigenvalue weighted by molar-refractivity contribution is 6.05. The van der Waals surface area contributed by atoms with E-state index in [2.05, 4.69) is 6.92 Å². The Bertz CT molecular complexity index is 517. The van der Waals surface area contributed by atoms with Crippen LogP contribution in [0.25, 0.3) is 0 Å². The number of fused-ring (bicyclic) bond motifs is 5. The zero-order valence-corrected chi connectivity index (χ0v) is 17.4. The molecular weight excluding hydrogens is 354 g/mol. The number of carbonyl (C=O) groups is 2. The molecule has 5 nitrogen and oxygen atoms in total. The summed E-state index contributed by atoms with van der Waals surface area (Å²) in [7, 11) is 0. The molecule has 3 aliphatic heterocycles. The molecular formula is C23H37NO4. The van der Waals surface area contributed by atoms with Gasteiger partial charge >= 0.3 is 0 Å². The minimum Gasteiger partial charge on any atom is -0.365 e. The molecule has 0 spiro atoms. The molecule has 2 saturated heterocycles. The van der Waals surface area contributed by atoms with Crippen LogP contribution in [-0.2, 0) is 19.2 Å². The molecule has 2 amide bonds. The van der Waals surface area contributed by atoms with Crippen molar-refractivity contribution in [1.29, 1.82) is 0 Å². The minimum absolute atomic E-state index is 0.221. The number of rotatable bonds is 15. The highest BCUT2D eigenvalue weighted by Gasteiger charge is 2.61. The van der Waals surface area contributed by atoms with Gasteiger partial charge in [0.15, 0.2) is 0 Å². The fourth-order valence-electron chi connectivity index (χ4n) is 4.68. The van der Waals surface area contributed by atoms with Crippen molar-refractivity contribution in [2.75, 3.05) is 6.61 Å². The number of carbonyl (C=O) groups excluding carboxylic acids is 2. The molecule has 158 valence electrons. The molecule has 3 heterocycles. The second-order valence-corrected chi connectivity index (χ2v) is 8.55. The van der Waals surface area contributed by atoms with Crippen molar-refractivity contribution in [1.82, 2.24) is 5.06 Å². The van der Waals surface area contributed by atoms with Crippen molar-refractivity contribution in [3.63, 3.8) is 0 Å². The topological polar surface area (TPSA) is 55.8 Å². The van der Waals surface area contributed by atoms with Crippen LogP contribution in [0.1, 0.15) is 90.4 Å². The van der Waals surface area contributed by atoms with Gasteiger partial charge in [0.05, 0.1) is 30.7 Å². The minimum atomic E-state index is -0.367. The van der Waals surface area contributed by atoms with Gasteiger partial charge in [0, 0.05) is 0 Å². The van der Waals surface area contributed by atoms with Crippen molar-refractivity contribution in [2.24, 2.45) is 11.8 Å². The average molecular weight is 392 g/mol. The number of hydrogen-bond acceptors (Lipinski definition) is 4. The summed E-state index contributed by atoms with van der Waals surface area (Å²) in [6, 6.07) is 0. The van der Waals surface area contributed by atoms with Gasteiger partial charge in [-0.05, 0) is 6.42 Å². The predicted octanol–water partition coefficient (Wildman–Crippen LogP) is 4.95. The van der Waals surface area contributed by atoms with Gasteiger partial charge in [0.1, 0.15) is 0 Å². The maximum absolute atomic E-state index is 12.4. The van der Waals surface area contributed by atoms with E-state index in [-0.39, 0.29) is 35.9 Å². The third kappa shape index (κ3) is 5.24. The van der Waals surface area contributed by atoms with E-state index in [4.69, 9.17) is 9.57 Å². The highest BCUT2D eigenvalue weighted by Crippen LogP contribution is 2.45. The summed E-state index contributed by atoms with van der Waals surface area (Å²) in [6.45, 7) is 2.71. The van der Waals surface area contributed by atoms with E-state index in [1.807, 2.05) is 12.2 Å². The number of ether oxygens (including phenoxy) is 1. The lowest BCUT2D eigenvalue weighted by molar-refractivity contribution is -0.192. The summed E-state index contributed by atoms with van der Waals surface area (Å²) in [5, 5.41) is 1.02. The molecule has 0 radical (unpaired) electrons. The Morgan fingerprint density at radius 1 is 0.750 bits per heavy atom. The van der Waals surface area contributed by atoms with Gasteiger partial charge in [-0.1, -0.05) is 96.1 Å². The Morgan fingerprint density at radius 2 is 1.18 bits per heavy atom. The van der Waals surface area contributed by atoms with Crippen LogP contribution in [0.2, 0.25) is 0 Å². The molecule has 0 unspecified atom stereocenters. The SMILES string of the molecule is CCCCCCCCCCCCCCCON1C(=O)[C@@H]2[C@H](C1=O)[C@H]1C=C[C@H]2O1. The Hall–Kier alpha value is -1.20. The van der Waals surface area contributed by atoms with Gasteiger partial charge < -0.3 is 4.74 Å². The summed E-state index contributed by atoms with van der Waals surface area (Å²) in [5.41, 5.74) is 0. The summed E-state index contributed by atoms with van der Waals surface area (Å²) in [4.78, 5) is 30.4. The Morgan fingerprint density at radius 3 is 1.64 bits per heavy atom. The standard InChI is InChI=1S/C23H37NO4/c1-2-3-4-5-6-7-8-9-10-11-12-13-14-17-27-24-22(25)20-18-15-16-19(28-18)21(20)23(24)26/h15-16,18-21H,2-14,17H2,1H3/t18-,19-,20-,21+/m1/s1. The molecule has 28 heavy (non-hydrogen) atoms. The Balaban J connectivity index is 1.15. The lowest BCUT2D eigenvalue weighted by Crippen LogP contribution is -2.34. The lowest BCUT2D eigenvalue weighted by atomic mass is 9.85. The first-order valence-electron chi connectivity index (χ1n) is 11.6. The predicted molar refractivity (Wildman–Crippen MR) is 108 cm³/mol. The van der Waals surface area contributed by atoms with Gasteiger partial charge in [-0.2, -0.15) is 5.06 Å². The molecule has 4 atom stereocenters. The van der Waals surface area contributed by atoms with Gasteiger partial charge in [0.25, 0.3) is 11.8 Å². The molecule has 0 saturated carbocycles. The molecule has 0 aliphatic carbocycles. The van der Waals surface area contributed by atoms with E-state index in [1.165, 1.54) is 70.6 Å². The number of hydrogen-bond donors (Lipinski definition) is 0. The zero-order valence-electron chi connectivity index (χ0n) is 17.4. The maximum Gasteiger partial charge on any atom is 0.260 e. The average Bonchev–Trinajstić information content (AvgIpc) is 3.37. The molecule has 0 aromatic heterocycles. The number of hydroxylamine groups is 2. The van der Waals surface area contributed by atoms with Crippen molar-refractivity contribution < 1.29 is 19.2 Å². The molecule has 0 N–H and O–H groups in total. The molecule has 2 fully saturated rings. The highest BCUT2D eigenvalue weighted by atomic mass is 16.7. The molecule has 2 bridgehead atoms. The third-order valence-electron chi connectivity index (χ3n) is 6.34. The second kappa shape index (κ2) is 11.1. The monoisotopic (exact) mass is 391 g/mol.